The predicted molar refractivity (Wildman–Crippen MR) is 106 cm³/mol. The molecule has 176 valence electrons. The average molecular weight is 521 g/mol. The average Bonchev–Trinajstić information content (AvgIpc) is 2.65. The molecule has 0 aromatic carbocycles. The fourth-order valence-corrected chi connectivity index (χ4v) is 3.40. The van der Waals surface area contributed by atoms with E-state index < -0.39 is 72.4 Å². The zero-order chi connectivity index (χ0) is 24.2. The van der Waals surface area contributed by atoms with Crippen molar-refractivity contribution in [2.24, 2.45) is 0 Å². The lowest BCUT2D eigenvalue weighted by atomic mass is 9.97. The molecule has 14 heteroatoms. The molecule has 13 nitrogen and oxygen atoms in total. The molecular formula is C18H21BrN2O11. The van der Waals surface area contributed by atoms with E-state index in [9.17, 15) is 28.8 Å². The number of carbonyl (C=O) groups is 4. The van der Waals surface area contributed by atoms with Crippen molar-refractivity contribution in [3.8, 4) is 0 Å². The minimum Gasteiger partial charge on any atom is -0.463 e. The molecule has 0 radical (unpaired) electrons. The summed E-state index contributed by atoms with van der Waals surface area (Å²) in [4.78, 5) is 72.9. The Morgan fingerprint density at radius 3 is 2.00 bits per heavy atom. The zero-order valence-electron chi connectivity index (χ0n) is 17.5. The zero-order valence-corrected chi connectivity index (χ0v) is 19.1. The summed E-state index contributed by atoms with van der Waals surface area (Å²) >= 11 is 2.99. The number of esters is 4. The Morgan fingerprint density at radius 2 is 1.47 bits per heavy atom. The van der Waals surface area contributed by atoms with Crippen molar-refractivity contribution in [3.63, 3.8) is 0 Å². The topological polar surface area (TPSA) is 169 Å². The maximum absolute atomic E-state index is 12.5. The maximum atomic E-state index is 12.5. The third-order valence-corrected chi connectivity index (χ3v) is 4.73. The predicted octanol–water partition coefficient (Wildman–Crippen LogP) is -0.445. The third-order valence-electron chi connectivity index (χ3n) is 4.16. The number of carbonyl (C=O) groups excluding carboxylic acids is 4. The number of hydrogen-bond donors (Lipinski definition) is 1. The Morgan fingerprint density at radius 1 is 0.938 bits per heavy atom. The molecule has 1 aromatic heterocycles. The standard InChI is InChI=1S/C18H21BrN2O11/c1-7(22)28-6-12-13(29-8(2)23)14(30-9(3)24)15(31-10(4)25)17(32-12)21-5-11(19)16(26)20-18(21)27/h5,12-15,17H,6H2,1-4H3,(H,20,26,27)/t12-,13-,14+,15-,17-/m1/s1. The van der Waals surface area contributed by atoms with E-state index in [1.165, 1.54) is 0 Å². The Balaban J connectivity index is 2.65. The lowest BCUT2D eigenvalue weighted by Gasteiger charge is -2.44. The van der Waals surface area contributed by atoms with Gasteiger partial charge in [0.15, 0.2) is 24.5 Å². The van der Waals surface area contributed by atoms with Crippen molar-refractivity contribution in [2.45, 2.75) is 58.3 Å². The van der Waals surface area contributed by atoms with Crippen LogP contribution in [0.1, 0.15) is 33.9 Å². The molecule has 2 heterocycles. The highest BCUT2D eigenvalue weighted by Crippen LogP contribution is 2.34. The van der Waals surface area contributed by atoms with Crippen molar-refractivity contribution in [3.05, 3.63) is 31.5 Å². The van der Waals surface area contributed by atoms with Crippen LogP contribution in [0.2, 0.25) is 0 Å². The quantitative estimate of drug-likeness (QED) is 0.380. The van der Waals surface area contributed by atoms with Crippen LogP contribution >= 0.6 is 15.9 Å². The minimum absolute atomic E-state index is 0.0510. The molecule has 0 unspecified atom stereocenters. The number of rotatable bonds is 6. The van der Waals surface area contributed by atoms with E-state index >= 15 is 0 Å². The third kappa shape index (κ3) is 6.26. The van der Waals surface area contributed by atoms with Crippen LogP contribution in [0.4, 0.5) is 0 Å². The first kappa shape index (κ1) is 25.3. The van der Waals surface area contributed by atoms with Crippen LogP contribution < -0.4 is 11.2 Å². The summed E-state index contributed by atoms with van der Waals surface area (Å²) in [6.07, 6.45) is -5.90. The first-order chi connectivity index (χ1) is 14.9. The van der Waals surface area contributed by atoms with Crippen LogP contribution in [-0.2, 0) is 42.9 Å². The number of nitrogens with one attached hydrogen (secondary N) is 1. The molecular weight excluding hydrogens is 500 g/mol. The van der Waals surface area contributed by atoms with Gasteiger partial charge in [-0.3, -0.25) is 33.5 Å². The Labute approximate surface area is 189 Å². The van der Waals surface area contributed by atoms with E-state index in [2.05, 4.69) is 15.9 Å². The summed E-state index contributed by atoms with van der Waals surface area (Å²) in [5.74, 6) is -3.10. The Kier molecular flexibility index (Phi) is 8.32. The van der Waals surface area contributed by atoms with Gasteiger partial charge in [0.05, 0.1) is 4.47 Å². The van der Waals surface area contributed by atoms with Gasteiger partial charge in [0.25, 0.3) is 5.56 Å². The van der Waals surface area contributed by atoms with Crippen molar-refractivity contribution < 1.29 is 42.9 Å². The van der Waals surface area contributed by atoms with Crippen LogP contribution in [0.3, 0.4) is 0 Å². The first-order valence-corrected chi connectivity index (χ1v) is 10.0. The molecule has 0 amide bonds. The lowest BCUT2D eigenvalue weighted by Crippen LogP contribution is -2.61. The molecule has 0 aliphatic carbocycles. The van der Waals surface area contributed by atoms with Crippen LogP contribution in [0.15, 0.2) is 20.3 Å². The van der Waals surface area contributed by atoms with Crippen molar-refractivity contribution >= 4 is 39.8 Å². The van der Waals surface area contributed by atoms with Gasteiger partial charge in [-0.25, -0.2) is 4.79 Å². The number of nitrogens with zero attached hydrogens (tertiary/aromatic N) is 1. The molecule has 1 saturated heterocycles. The van der Waals surface area contributed by atoms with E-state index in [0.717, 1.165) is 38.5 Å². The monoisotopic (exact) mass is 520 g/mol. The van der Waals surface area contributed by atoms with Crippen LogP contribution in [0.5, 0.6) is 0 Å². The second-order valence-corrected chi connectivity index (χ2v) is 7.59. The number of hydrogen-bond acceptors (Lipinski definition) is 11. The molecule has 0 spiro atoms. The molecule has 1 aliphatic heterocycles. The summed E-state index contributed by atoms with van der Waals surface area (Å²) in [5.41, 5.74) is -1.66. The fraction of sp³-hybridized carbons (Fsp3) is 0.556. The molecule has 1 fully saturated rings. The van der Waals surface area contributed by atoms with E-state index in [4.69, 9.17) is 23.7 Å². The number of halogens is 1. The van der Waals surface area contributed by atoms with Gasteiger partial charge in [-0.2, -0.15) is 0 Å². The van der Waals surface area contributed by atoms with Gasteiger partial charge in [-0.1, -0.05) is 0 Å². The highest BCUT2D eigenvalue weighted by Gasteiger charge is 2.53. The number of H-pyrrole nitrogens is 1. The highest BCUT2D eigenvalue weighted by atomic mass is 79.9. The normalized spacial score (nSPS) is 24.8. The smallest absolute Gasteiger partial charge is 0.330 e. The molecule has 5 atom stereocenters. The van der Waals surface area contributed by atoms with Gasteiger partial charge < -0.3 is 23.7 Å². The van der Waals surface area contributed by atoms with Crippen molar-refractivity contribution in [1.82, 2.24) is 9.55 Å². The molecule has 1 N–H and O–H groups in total. The molecule has 2 rings (SSSR count). The lowest BCUT2D eigenvalue weighted by molar-refractivity contribution is -0.269. The number of aromatic amines is 1. The minimum atomic E-state index is -1.48. The second-order valence-electron chi connectivity index (χ2n) is 6.73. The molecule has 0 saturated carbocycles. The van der Waals surface area contributed by atoms with E-state index in [1.807, 2.05) is 4.98 Å². The molecule has 0 bridgehead atoms. The van der Waals surface area contributed by atoms with E-state index in [-0.39, 0.29) is 4.47 Å². The summed E-state index contributed by atoms with van der Waals surface area (Å²) in [6.45, 7) is 3.91. The van der Waals surface area contributed by atoms with Gasteiger partial charge in [0.1, 0.15) is 12.7 Å². The van der Waals surface area contributed by atoms with E-state index in [1.54, 1.807) is 0 Å². The second kappa shape index (κ2) is 10.5. The summed E-state index contributed by atoms with van der Waals surface area (Å²) in [5, 5.41) is 0. The number of ether oxygens (including phenoxy) is 5. The van der Waals surface area contributed by atoms with Gasteiger partial charge in [-0.15, -0.1) is 0 Å². The van der Waals surface area contributed by atoms with Gasteiger partial charge in [-0.05, 0) is 15.9 Å². The SMILES string of the molecule is CC(=O)OC[C@H]1O[C@@H](n2cc(Br)c(=O)[nH]c2=O)[C@H](OC(C)=O)[C@@H](OC(C)=O)[C@@H]1OC(C)=O. The summed E-state index contributed by atoms with van der Waals surface area (Å²) < 4.78 is 27.4. The first-order valence-electron chi connectivity index (χ1n) is 9.22. The maximum Gasteiger partial charge on any atom is 0.330 e. The van der Waals surface area contributed by atoms with Crippen molar-refractivity contribution in [1.29, 1.82) is 0 Å². The molecule has 1 aliphatic rings. The van der Waals surface area contributed by atoms with Gasteiger partial charge in [0.2, 0.25) is 0 Å². The molecule has 32 heavy (non-hydrogen) atoms. The van der Waals surface area contributed by atoms with Gasteiger partial charge in [0, 0.05) is 33.9 Å². The largest absolute Gasteiger partial charge is 0.463 e. The highest BCUT2D eigenvalue weighted by molar-refractivity contribution is 9.10. The van der Waals surface area contributed by atoms with Gasteiger partial charge >= 0.3 is 29.6 Å². The number of aromatic nitrogens is 2. The van der Waals surface area contributed by atoms with E-state index in [0.29, 0.717) is 0 Å². The van der Waals surface area contributed by atoms with Crippen LogP contribution in [0, 0.1) is 0 Å². The summed E-state index contributed by atoms with van der Waals surface area (Å²) in [6, 6.07) is 0. The fourth-order valence-electron chi connectivity index (χ4n) is 3.08. The Hall–Kier alpha value is -3.00. The van der Waals surface area contributed by atoms with Crippen LogP contribution in [0.25, 0.3) is 0 Å². The van der Waals surface area contributed by atoms with Crippen LogP contribution in [-0.4, -0.2) is 64.5 Å². The molecule has 1 aromatic rings. The van der Waals surface area contributed by atoms with Crippen molar-refractivity contribution in [2.75, 3.05) is 6.61 Å². The summed E-state index contributed by atoms with van der Waals surface area (Å²) in [7, 11) is 0. The Bertz CT molecular complexity index is 1020.